The fourth-order valence-corrected chi connectivity index (χ4v) is 4.26. The molecule has 3 aromatic carbocycles. The first-order valence-electron chi connectivity index (χ1n) is 10.0. The van der Waals surface area contributed by atoms with Gasteiger partial charge in [-0.3, -0.25) is 9.69 Å². The number of anilines is 1. The molecule has 0 radical (unpaired) electrons. The molecule has 1 aromatic heterocycles. The van der Waals surface area contributed by atoms with Crippen LogP contribution >= 0.6 is 38.5 Å². The molecule has 0 bridgehead atoms. The van der Waals surface area contributed by atoms with Crippen molar-refractivity contribution in [1.82, 2.24) is 0 Å². The van der Waals surface area contributed by atoms with Crippen LogP contribution < -0.4 is 4.90 Å². The normalized spacial score (nSPS) is 14.8. The third-order valence-electron chi connectivity index (χ3n) is 5.19. The Morgan fingerprint density at radius 3 is 2.25 bits per heavy atom. The number of hydrogen-bond acceptors (Lipinski definition) is 2. The molecule has 0 spiro atoms. The maximum atomic E-state index is 13.5. The quantitative estimate of drug-likeness (QED) is 0.179. The Hall–Kier alpha value is -2.90. The van der Waals surface area contributed by atoms with Gasteiger partial charge in [0, 0.05) is 24.9 Å². The number of hydrogen-bond donors (Lipinski definition) is 0. The van der Waals surface area contributed by atoms with Gasteiger partial charge in [0.1, 0.15) is 11.5 Å². The van der Waals surface area contributed by atoms with Crippen molar-refractivity contribution in [3.63, 3.8) is 0 Å². The first kappa shape index (κ1) is 21.0. The van der Waals surface area contributed by atoms with Crippen molar-refractivity contribution in [2.24, 2.45) is 0 Å². The van der Waals surface area contributed by atoms with Gasteiger partial charge in [0.2, 0.25) is 0 Å². The Bertz CT molecular complexity index is 1340. The highest BCUT2D eigenvalue weighted by atomic mass is 127. The minimum Gasteiger partial charge on any atom is -0.457 e. The van der Waals surface area contributed by atoms with Gasteiger partial charge in [-0.05, 0) is 88.8 Å². The predicted molar refractivity (Wildman–Crippen MR) is 141 cm³/mol. The largest absolute Gasteiger partial charge is 0.457 e. The molecular formula is C27H17BrINO2. The summed E-state index contributed by atoms with van der Waals surface area (Å²) in [6, 6.07) is 29.7. The lowest BCUT2D eigenvalue weighted by Gasteiger charge is -2.20. The van der Waals surface area contributed by atoms with Crippen LogP contribution in [0.25, 0.3) is 23.1 Å². The second kappa shape index (κ2) is 8.92. The van der Waals surface area contributed by atoms with Gasteiger partial charge in [-0.1, -0.05) is 58.4 Å². The molecule has 0 aliphatic carbocycles. The van der Waals surface area contributed by atoms with Gasteiger partial charge in [-0.15, -0.1) is 0 Å². The number of amides is 1. The summed E-state index contributed by atoms with van der Waals surface area (Å²) in [7, 11) is 0. The Labute approximate surface area is 208 Å². The maximum absolute atomic E-state index is 13.5. The number of carbonyl (C=O) groups excluding carboxylic acids is 1. The van der Waals surface area contributed by atoms with Gasteiger partial charge in [0.15, 0.2) is 0 Å². The van der Waals surface area contributed by atoms with Gasteiger partial charge in [-0.25, -0.2) is 0 Å². The van der Waals surface area contributed by atoms with E-state index < -0.39 is 0 Å². The van der Waals surface area contributed by atoms with Crippen molar-refractivity contribution in [3.05, 3.63) is 122 Å². The van der Waals surface area contributed by atoms with Crippen molar-refractivity contribution >= 4 is 61.9 Å². The summed E-state index contributed by atoms with van der Waals surface area (Å²) in [5.74, 6) is 1.32. The highest BCUT2D eigenvalue weighted by Crippen LogP contribution is 2.36. The molecule has 3 nitrogen and oxygen atoms in total. The summed E-state index contributed by atoms with van der Waals surface area (Å²) < 4.78 is 8.16. The zero-order valence-electron chi connectivity index (χ0n) is 16.8. The molecule has 0 atom stereocenters. The minimum absolute atomic E-state index is 0.0772. The van der Waals surface area contributed by atoms with E-state index in [1.807, 2.05) is 97.1 Å². The molecule has 0 fully saturated rings. The van der Waals surface area contributed by atoms with Crippen molar-refractivity contribution in [2.45, 2.75) is 0 Å². The lowest BCUT2D eigenvalue weighted by atomic mass is 10.1. The van der Waals surface area contributed by atoms with Crippen LogP contribution in [0.5, 0.6) is 0 Å². The van der Waals surface area contributed by atoms with Crippen molar-refractivity contribution < 1.29 is 9.21 Å². The first-order valence-corrected chi connectivity index (χ1v) is 11.9. The van der Waals surface area contributed by atoms with Crippen molar-refractivity contribution in [1.29, 1.82) is 0 Å². The topological polar surface area (TPSA) is 33.5 Å². The summed E-state index contributed by atoms with van der Waals surface area (Å²) >= 11 is 5.72. The molecule has 32 heavy (non-hydrogen) atoms. The lowest BCUT2D eigenvalue weighted by Crippen LogP contribution is -2.24. The Morgan fingerprint density at radius 1 is 0.812 bits per heavy atom. The number of furan rings is 1. The number of benzene rings is 3. The van der Waals surface area contributed by atoms with Crippen LogP contribution in [0.1, 0.15) is 11.3 Å². The van der Waals surface area contributed by atoms with Gasteiger partial charge in [0.05, 0.1) is 5.70 Å². The van der Waals surface area contributed by atoms with Gasteiger partial charge < -0.3 is 4.42 Å². The molecule has 1 amide bonds. The third kappa shape index (κ3) is 4.23. The van der Waals surface area contributed by atoms with E-state index in [1.165, 1.54) is 0 Å². The number of nitrogens with zero attached hydrogens (tertiary/aromatic N) is 1. The van der Waals surface area contributed by atoms with E-state index >= 15 is 0 Å². The minimum atomic E-state index is -0.0772. The van der Waals surface area contributed by atoms with Crippen LogP contribution in [0.4, 0.5) is 5.69 Å². The highest BCUT2D eigenvalue weighted by molar-refractivity contribution is 14.1. The van der Waals surface area contributed by atoms with E-state index in [9.17, 15) is 4.79 Å². The summed E-state index contributed by atoms with van der Waals surface area (Å²) in [4.78, 5) is 15.2. The highest BCUT2D eigenvalue weighted by Gasteiger charge is 2.30. The zero-order chi connectivity index (χ0) is 22.1. The maximum Gasteiger partial charge on any atom is 0.263 e. The summed E-state index contributed by atoms with van der Waals surface area (Å²) in [5.41, 5.74) is 4.24. The van der Waals surface area contributed by atoms with Crippen LogP contribution in [0.3, 0.4) is 0 Å². The smallest absolute Gasteiger partial charge is 0.263 e. The van der Waals surface area contributed by atoms with E-state index in [4.69, 9.17) is 4.42 Å². The molecule has 5 rings (SSSR count). The molecule has 0 saturated heterocycles. The van der Waals surface area contributed by atoms with Gasteiger partial charge in [-0.2, -0.15) is 0 Å². The summed E-state index contributed by atoms with van der Waals surface area (Å²) in [6.07, 6.45) is 3.73. The Balaban J connectivity index is 1.53. The molecule has 1 aliphatic rings. The molecule has 0 saturated carbocycles. The fraction of sp³-hybridized carbons (Fsp3) is 0. The van der Waals surface area contributed by atoms with E-state index in [-0.39, 0.29) is 5.91 Å². The van der Waals surface area contributed by atoms with E-state index in [0.29, 0.717) is 11.3 Å². The lowest BCUT2D eigenvalue weighted by molar-refractivity contribution is -0.113. The van der Waals surface area contributed by atoms with E-state index in [1.54, 1.807) is 11.0 Å². The third-order valence-corrected chi connectivity index (χ3v) is 6.44. The predicted octanol–water partition coefficient (Wildman–Crippen LogP) is 7.79. The SMILES string of the molecule is O=C1/C(=C/c2ccc(-c3ccc(Br)cc3)o2)C=C(c2ccccc2)N1c1ccc(I)cc1. The van der Waals surface area contributed by atoms with E-state index in [0.717, 1.165) is 36.3 Å². The first-order chi connectivity index (χ1) is 15.6. The standard InChI is InChI=1S/C27H17BrINO2/c28-21-8-6-19(7-9-21)26-15-14-24(32-26)16-20-17-25(18-4-2-1-3-5-18)30(27(20)31)23-12-10-22(29)11-13-23/h1-17H/b20-16+. The average molecular weight is 594 g/mol. The fourth-order valence-electron chi connectivity index (χ4n) is 3.64. The Kier molecular flexibility index (Phi) is 5.85. The van der Waals surface area contributed by atoms with Crippen LogP contribution in [0, 0.1) is 3.57 Å². The second-order valence-electron chi connectivity index (χ2n) is 7.32. The van der Waals surface area contributed by atoms with Crippen molar-refractivity contribution in [2.75, 3.05) is 4.90 Å². The number of rotatable bonds is 4. The van der Waals surface area contributed by atoms with Crippen LogP contribution in [-0.2, 0) is 4.79 Å². The zero-order valence-corrected chi connectivity index (χ0v) is 20.6. The van der Waals surface area contributed by atoms with Crippen LogP contribution in [0.15, 0.2) is 112 Å². The molecule has 156 valence electrons. The molecule has 5 heteroatoms. The summed E-state index contributed by atoms with van der Waals surface area (Å²) in [5, 5.41) is 0. The monoisotopic (exact) mass is 593 g/mol. The Morgan fingerprint density at radius 2 is 1.53 bits per heavy atom. The summed E-state index contributed by atoms with van der Waals surface area (Å²) in [6.45, 7) is 0. The van der Waals surface area contributed by atoms with Gasteiger partial charge >= 0.3 is 0 Å². The van der Waals surface area contributed by atoms with E-state index in [2.05, 4.69) is 38.5 Å². The van der Waals surface area contributed by atoms with Crippen LogP contribution in [0.2, 0.25) is 0 Å². The number of halogens is 2. The molecule has 2 heterocycles. The van der Waals surface area contributed by atoms with Crippen molar-refractivity contribution in [3.8, 4) is 11.3 Å². The van der Waals surface area contributed by atoms with Gasteiger partial charge in [0.25, 0.3) is 5.91 Å². The average Bonchev–Trinajstić information content (AvgIpc) is 3.41. The molecular weight excluding hydrogens is 577 g/mol. The van der Waals surface area contributed by atoms with Crippen LogP contribution in [-0.4, -0.2) is 5.91 Å². The molecule has 1 aliphatic heterocycles. The molecule has 0 N–H and O–H groups in total. The second-order valence-corrected chi connectivity index (χ2v) is 9.48. The molecule has 0 unspecified atom stereocenters. The molecule has 4 aromatic rings. The number of carbonyl (C=O) groups is 1.